The van der Waals surface area contributed by atoms with E-state index in [1.54, 1.807) is 23.1 Å². The van der Waals surface area contributed by atoms with Gasteiger partial charge >= 0.3 is 0 Å². The molecule has 0 saturated heterocycles. The molecule has 0 saturated carbocycles. The van der Waals surface area contributed by atoms with Crippen molar-refractivity contribution >= 4 is 34.2 Å². The number of benzene rings is 3. The first-order valence-electron chi connectivity index (χ1n) is 11.9. The van der Waals surface area contributed by atoms with E-state index >= 15 is 0 Å². The fourth-order valence-electron chi connectivity index (χ4n) is 4.59. The summed E-state index contributed by atoms with van der Waals surface area (Å²) in [7, 11) is 0. The normalized spacial score (nSPS) is 15.0. The van der Waals surface area contributed by atoms with E-state index in [0.29, 0.717) is 33.8 Å². The average Bonchev–Trinajstić information content (AvgIpc) is 3.15. The standard InChI is InChI=1S/C29H26ClNO4/c1-3-4-5-15-34-22-12-9-19(10-13-22)26-25-27(32)23-17-20(30)11-14-24(23)35-28(25)29(33)31(26)21-8-6-7-18(2)16-21/h6-14,16-17,26H,3-5,15H2,1-2H3. The molecule has 1 aliphatic heterocycles. The summed E-state index contributed by atoms with van der Waals surface area (Å²) in [5.41, 5.74) is 2.92. The third-order valence-electron chi connectivity index (χ3n) is 6.32. The Hall–Kier alpha value is -3.57. The number of fused-ring (bicyclic) bond motifs is 2. The van der Waals surface area contributed by atoms with E-state index in [2.05, 4.69) is 6.92 Å². The first kappa shape index (κ1) is 23.2. The van der Waals surface area contributed by atoms with Crippen molar-refractivity contribution in [2.45, 2.75) is 39.2 Å². The van der Waals surface area contributed by atoms with Gasteiger partial charge in [0, 0.05) is 10.7 Å². The minimum absolute atomic E-state index is 0.0659. The highest BCUT2D eigenvalue weighted by Gasteiger charge is 2.43. The Labute approximate surface area is 208 Å². The van der Waals surface area contributed by atoms with Gasteiger partial charge in [-0.25, -0.2) is 0 Å². The van der Waals surface area contributed by atoms with Crippen molar-refractivity contribution in [3.05, 3.63) is 104 Å². The molecule has 35 heavy (non-hydrogen) atoms. The molecule has 3 aromatic carbocycles. The first-order chi connectivity index (χ1) is 17.0. The Morgan fingerprint density at radius 2 is 1.80 bits per heavy atom. The molecule has 5 rings (SSSR count). The van der Waals surface area contributed by atoms with E-state index in [4.69, 9.17) is 20.8 Å². The fraction of sp³-hybridized carbons (Fsp3) is 0.241. The SMILES string of the molecule is CCCCCOc1ccc(C2c3c(oc4ccc(Cl)cc4c3=O)C(=O)N2c2cccc(C)c2)cc1. The van der Waals surface area contributed by atoms with Crippen molar-refractivity contribution in [3.63, 3.8) is 0 Å². The highest BCUT2D eigenvalue weighted by atomic mass is 35.5. The van der Waals surface area contributed by atoms with Crippen LogP contribution in [0.1, 0.15) is 59.5 Å². The predicted molar refractivity (Wildman–Crippen MR) is 139 cm³/mol. The van der Waals surface area contributed by atoms with Crippen molar-refractivity contribution in [1.29, 1.82) is 0 Å². The molecule has 1 aliphatic rings. The van der Waals surface area contributed by atoms with Gasteiger partial charge in [-0.15, -0.1) is 0 Å². The maximum atomic E-state index is 13.7. The van der Waals surface area contributed by atoms with Crippen LogP contribution in [0.5, 0.6) is 5.75 Å². The Morgan fingerprint density at radius 3 is 2.54 bits per heavy atom. The van der Waals surface area contributed by atoms with Crippen LogP contribution in [0, 0.1) is 6.92 Å². The molecular weight excluding hydrogens is 462 g/mol. The second-order valence-corrected chi connectivity index (χ2v) is 9.29. The summed E-state index contributed by atoms with van der Waals surface area (Å²) >= 11 is 6.17. The van der Waals surface area contributed by atoms with E-state index in [1.165, 1.54) is 0 Å². The molecule has 1 unspecified atom stereocenters. The largest absolute Gasteiger partial charge is 0.494 e. The van der Waals surface area contributed by atoms with E-state index in [1.807, 2.05) is 55.5 Å². The summed E-state index contributed by atoms with van der Waals surface area (Å²) in [6.07, 6.45) is 3.26. The summed E-state index contributed by atoms with van der Waals surface area (Å²) in [5, 5.41) is 0.793. The lowest BCUT2D eigenvalue weighted by Gasteiger charge is -2.25. The molecule has 5 nitrogen and oxygen atoms in total. The van der Waals surface area contributed by atoms with Crippen molar-refractivity contribution in [3.8, 4) is 5.75 Å². The summed E-state index contributed by atoms with van der Waals surface area (Å²) in [4.78, 5) is 29.0. The lowest BCUT2D eigenvalue weighted by Crippen LogP contribution is -2.29. The van der Waals surface area contributed by atoms with E-state index in [0.717, 1.165) is 36.1 Å². The Morgan fingerprint density at radius 1 is 1.00 bits per heavy atom. The molecule has 1 atom stereocenters. The molecule has 0 spiro atoms. The Balaban J connectivity index is 1.63. The summed E-state index contributed by atoms with van der Waals surface area (Å²) < 4.78 is 11.9. The number of amides is 1. The van der Waals surface area contributed by atoms with Gasteiger partial charge in [0.15, 0.2) is 5.43 Å². The van der Waals surface area contributed by atoms with Gasteiger partial charge in [-0.3, -0.25) is 14.5 Å². The molecule has 0 N–H and O–H groups in total. The number of carbonyl (C=O) groups excluding carboxylic acids is 1. The summed E-state index contributed by atoms with van der Waals surface area (Å²) in [5.74, 6) is 0.481. The number of anilines is 1. The van der Waals surface area contributed by atoms with Crippen molar-refractivity contribution < 1.29 is 13.9 Å². The van der Waals surface area contributed by atoms with Crippen LogP contribution in [-0.4, -0.2) is 12.5 Å². The number of nitrogens with zero attached hydrogens (tertiary/aromatic N) is 1. The second-order valence-electron chi connectivity index (χ2n) is 8.86. The molecule has 6 heteroatoms. The molecule has 4 aromatic rings. The zero-order valence-electron chi connectivity index (χ0n) is 19.7. The number of hydrogen-bond donors (Lipinski definition) is 0. The monoisotopic (exact) mass is 487 g/mol. The van der Waals surface area contributed by atoms with Gasteiger partial charge in [-0.05, 0) is 66.9 Å². The third-order valence-corrected chi connectivity index (χ3v) is 6.56. The van der Waals surface area contributed by atoms with Crippen molar-refractivity contribution in [1.82, 2.24) is 0 Å². The zero-order valence-corrected chi connectivity index (χ0v) is 20.5. The number of ether oxygens (including phenoxy) is 1. The molecule has 2 heterocycles. The van der Waals surface area contributed by atoms with Crippen LogP contribution in [0.15, 0.2) is 75.9 Å². The van der Waals surface area contributed by atoms with Gasteiger partial charge in [-0.1, -0.05) is 55.6 Å². The highest BCUT2D eigenvalue weighted by molar-refractivity contribution is 6.31. The molecule has 0 aliphatic carbocycles. The van der Waals surface area contributed by atoms with Crippen LogP contribution < -0.4 is 15.1 Å². The number of aryl methyl sites for hydroxylation is 1. The van der Waals surface area contributed by atoms with Crippen molar-refractivity contribution in [2.75, 3.05) is 11.5 Å². The number of carbonyl (C=O) groups is 1. The van der Waals surface area contributed by atoms with E-state index in [9.17, 15) is 9.59 Å². The molecule has 1 aromatic heterocycles. The number of rotatable bonds is 7. The maximum absolute atomic E-state index is 13.7. The molecule has 0 bridgehead atoms. The van der Waals surface area contributed by atoms with Gasteiger partial charge in [0.2, 0.25) is 5.76 Å². The number of unbranched alkanes of at least 4 members (excludes halogenated alkanes) is 2. The smallest absolute Gasteiger partial charge is 0.295 e. The minimum Gasteiger partial charge on any atom is -0.494 e. The number of halogens is 1. The topological polar surface area (TPSA) is 59.8 Å². The molecule has 1 amide bonds. The van der Waals surface area contributed by atoms with E-state index in [-0.39, 0.29) is 17.1 Å². The first-order valence-corrected chi connectivity index (χ1v) is 12.2. The number of hydrogen-bond acceptors (Lipinski definition) is 4. The van der Waals surface area contributed by atoms with Gasteiger partial charge in [-0.2, -0.15) is 0 Å². The van der Waals surface area contributed by atoms with Crippen LogP contribution in [0.4, 0.5) is 5.69 Å². The van der Waals surface area contributed by atoms with Gasteiger partial charge in [0.05, 0.1) is 23.6 Å². The Kier molecular flexibility index (Phi) is 6.35. The van der Waals surface area contributed by atoms with E-state index < -0.39 is 6.04 Å². The lowest BCUT2D eigenvalue weighted by molar-refractivity contribution is 0.0971. The average molecular weight is 488 g/mol. The molecule has 178 valence electrons. The zero-order chi connectivity index (χ0) is 24.5. The van der Waals surface area contributed by atoms with Crippen LogP contribution in [0.3, 0.4) is 0 Å². The minimum atomic E-state index is -0.631. The molecular formula is C29H26ClNO4. The van der Waals surface area contributed by atoms with Gasteiger partial charge in [0.25, 0.3) is 5.91 Å². The second kappa shape index (κ2) is 9.59. The predicted octanol–water partition coefficient (Wildman–Crippen LogP) is 7.07. The van der Waals surface area contributed by atoms with Crippen LogP contribution >= 0.6 is 11.6 Å². The van der Waals surface area contributed by atoms with Crippen LogP contribution in [0.25, 0.3) is 11.0 Å². The van der Waals surface area contributed by atoms with Gasteiger partial charge in [0.1, 0.15) is 11.3 Å². The molecule has 0 fully saturated rings. The fourth-order valence-corrected chi connectivity index (χ4v) is 4.77. The van der Waals surface area contributed by atoms with Gasteiger partial charge < -0.3 is 9.15 Å². The summed E-state index contributed by atoms with van der Waals surface area (Å²) in [6.45, 7) is 4.78. The van der Waals surface area contributed by atoms with Crippen LogP contribution in [0.2, 0.25) is 5.02 Å². The lowest BCUT2D eigenvalue weighted by atomic mass is 9.98. The van der Waals surface area contributed by atoms with Crippen LogP contribution in [-0.2, 0) is 0 Å². The summed E-state index contributed by atoms with van der Waals surface area (Å²) in [6, 6.07) is 19.5. The molecule has 0 radical (unpaired) electrons. The van der Waals surface area contributed by atoms with Crippen molar-refractivity contribution in [2.24, 2.45) is 0 Å². The quantitative estimate of drug-likeness (QED) is 0.261. The Bertz CT molecular complexity index is 1460. The highest BCUT2D eigenvalue weighted by Crippen LogP contribution is 2.41. The third kappa shape index (κ3) is 4.32. The maximum Gasteiger partial charge on any atom is 0.295 e.